The van der Waals surface area contributed by atoms with E-state index in [4.69, 9.17) is 10.5 Å². The molecule has 0 radical (unpaired) electrons. The van der Waals surface area contributed by atoms with Crippen molar-refractivity contribution in [1.29, 1.82) is 0 Å². The predicted molar refractivity (Wildman–Crippen MR) is 74.5 cm³/mol. The molecule has 0 saturated carbocycles. The van der Waals surface area contributed by atoms with Crippen molar-refractivity contribution >= 4 is 23.4 Å². The van der Waals surface area contributed by atoms with Gasteiger partial charge < -0.3 is 15.4 Å². The Morgan fingerprint density at radius 3 is 2.94 bits per heavy atom. The minimum absolute atomic E-state index is 0.0194. The van der Waals surface area contributed by atoms with E-state index in [0.717, 1.165) is 27.6 Å². The van der Waals surface area contributed by atoms with Crippen molar-refractivity contribution in [2.75, 3.05) is 24.3 Å². The summed E-state index contributed by atoms with van der Waals surface area (Å²) in [6.45, 7) is 4.10. The Hall–Kier alpha value is -1.20. The second kappa shape index (κ2) is 5.20. The summed E-state index contributed by atoms with van der Waals surface area (Å²) in [4.78, 5) is 15.0. The van der Waals surface area contributed by atoms with Gasteiger partial charge in [0.1, 0.15) is 11.4 Å². The monoisotopic (exact) mass is 266 g/mol. The van der Waals surface area contributed by atoms with Crippen LogP contribution >= 0.6 is 11.8 Å². The van der Waals surface area contributed by atoms with Gasteiger partial charge in [-0.25, -0.2) is 0 Å². The van der Waals surface area contributed by atoms with E-state index in [9.17, 15) is 4.79 Å². The van der Waals surface area contributed by atoms with Gasteiger partial charge in [0, 0.05) is 16.7 Å². The fraction of sp³-hybridized carbons (Fsp3) is 0.462. The van der Waals surface area contributed by atoms with Crippen LogP contribution in [-0.2, 0) is 4.79 Å². The molecule has 1 aliphatic rings. The molecule has 0 bridgehead atoms. The number of rotatable bonds is 2. The first kappa shape index (κ1) is 13.2. The van der Waals surface area contributed by atoms with Crippen molar-refractivity contribution in [3.63, 3.8) is 0 Å². The summed E-state index contributed by atoms with van der Waals surface area (Å²) < 4.78 is 5.39. The molecule has 1 aromatic rings. The molecule has 0 aromatic heterocycles. The van der Waals surface area contributed by atoms with Gasteiger partial charge in [0.05, 0.1) is 13.7 Å². The predicted octanol–water partition coefficient (Wildman–Crippen LogP) is 1.79. The Morgan fingerprint density at radius 1 is 1.61 bits per heavy atom. The molecule has 0 fully saturated rings. The number of fused-ring (bicyclic) bond motifs is 1. The van der Waals surface area contributed by atoms with Crippen LogP contribution in [0, 0.1) is 6.92 Å². The van der Waals surface area contributed by atoms with Gasteiger partial charge in [-0.1, -0.05) is 6.07 Å². The maximum Gasteiger partial charge on any atom is 0.241 e. The number of hydrogen-bond donors (Lipinski definition) is 1. The number of methoxy groups -OCH3 is 1. The van der Waals surface area contributed by atoms with Crippen molar-refractivity contribution < 1.29 is 9.53 Å². The number of amides is 1. The Bertz CT molecular complexity index is 476. The summed E-state index contributed by atoms with van der Waals surface area (Å²) in [6, 6.07) is 4.06. The highest BCUT2D eigenvalue weighted by Gasteiger charge is 2.31. The summed E-state index contributed by atoms with van der Waals surface area (Å²) in [7, 11) is 1.62. The van der Waals surface area contributed by atoms with Crippen LogP contribution in [0.4, 0.5) is 5.69 Å². The van der Waals surface area contributed by atoms with Gasteiger partial charge in [-0.05, 0) is 25.5 Å². The molecule has 1 aliphatic heterocycles. The van der Waals surface area contributed by atoms with E-state index >= 15 is 0 Å². The molecular formula is C13H18N2O2S. The van der Waals surface area contributed by atoms with Gasteiger partial charge in [-0.3, -0.25) is 4.79 Å². The lowest BCUT2D eigenvalue weighted by Crippen LogP contribution is -2.45. The van der Waals surface area contributed by atoms with Gasteiger partial charge in [0.25, 0.3) is 0 Å². The average molecular weight is 266 g/mol. The first-order valence-corrected chi connectivity index (χ1v) is 6.91. The lowest BCUT2D eigenvalue weighted by Gasteiger charge is -2.36. The number of thioether (sulfide) groups is 1. The largest absolute Gasteiger partial charge is 0.495 e. The van der Waals surface area contributed by atoms with Crippen LogP contribution in [0.3, 0.4) is 0 Å². The molecule has 2 N–H and O–H groups in total. The molecule has 18 heavy (non-hydrogen) atoms. The average Bonchev–Trinajstić information content (AvgIpc) is 2.38. The summed E-state index contributed by atoms with van der Waals surface area (Å²) in [5.41, 5.74) is 7.55. The van der Waals surface area contributed by atoms with E-state index < -0.39 is 0 Å². The Kier molecular flexibility index (Phi) is 3.82. The van der Waals surface area contributed by atoms with Crippen molar-refractivity contribution in [2.24, 2.45) is 5.73 Å². The van der Waals surface area contributed by atoms with Crippen LogP contribution < -0.4 is 15.4 Å². The Morgan fingerprint density at radius 2 is 2.33 bits per heavy atom. The van der Waals surface area contributed by atoms with E-state index in [1.807, 2.05) is 26.0 Å². The first-order chi connectivity index (χ1) is 8.60. The van der Waals surface area contributed by atoms with E-state index in [2.05, 4.69) is 0 Å². The molecular weight excluding hydrogens is 248 g/mol. The third-order valence-corrected chi connectivity index (χ3v) is 4.56. The zero-order chi connectivity index (χ0) is 13.3. The van der Waals surface area contributed by atoms with Crippen LogP contribution in [0.2, 0.25) is 0 Å². The minimum Gasteiger partial charge on any atom is -0.495 e. The van der Waals surface area contributed by atoms with Gasteiger partial charge in [0.2, 0.25) is 5.91 Å². The number of ether oxygens (including phenoxy) is 1. The highest BCUT2D eigenvalue weighted by atomic mass is 32.2. The SMILES string of the molecule is COc1ccc(C)c2c1N(C(=O)CN)C(C)CS2. The van der Waals surface area contributed by atoms with Crippen molar-refractivity contribution in [3.8, 4) is 5.75 Å². The topological polar surface area (TPSA) is 55.6 Å². The smallest absolute Gasteiger partial charge is 0.241 e. The number of anilines is 1. The zero-order valence-corrected chi connectivity index (χ0v) is 11.7. The van der Waals surface area contributed by atoms with Crippen LogP contribution in [0.15, 0.2) is 17.0 Å². The van der Waals surface area contributed by atoms with E-state index in [-0.39, 0.29) is 18.5 Å². The third kappa shape index (κ3) is 2.08. The summed E-state index contributed by atoms with van der Waals surface area (Å²) in [5, 5.41) is 0. The molecule has 1 heterocycles. The zero-order valence-electron chi connectivity index (χ0n) is 10.9. The quantitative estimate of drug-likeness (QED) is 0.886. The number of benzene rings is 1. The molecule has 1 atom stereocenters. The number of nitrogens with two attached hydrogens (primary N) is 1. The van der Waals surface area contributed by atoms with Crippen LogP contribution in [0.5, 0.6) is 5.75 Å². The summed E-state index contributed by atoms with van der Waals surface area (Å²) in [6.07, 6.45) is 0. The fourth-order valence-electron chi connectivity index (χ4n) is 2.20. The second-order valence-corrected chi connectivity index (χ2v) is 5.42. The van der Waals surface area contributed by atoms with E-state index in [0.29, 0.717) is 0 Å². The molecule has 1 unspecified atom stereocenters. The molecule has 2 rings (SSSR count). The molecule has 4 nitrogen and oxygen atoms in total. The van der Waals surface area contributed by atoms with Crippen LogP contribution in [0.25, 0.3) is 0 Å². The van der Waals surface area contributed by atoms with Gasteiger partial charge in [0.15, 0.2) is 0 Å². The van der Waals surface area contributed by atoms with Crippen LogP contribution in [-0.4, -0.2) is 31.4 Å². The molecule has 98 valence electrons. The van der Waals surface area contributed by atoms with Crippen molar-refractivity contribution in [2.45, 2.75) is 24.8 Å². The molecule has 0 saturated heterocycles. The summed E-state index contributed by atoms with van der Waals surface area (Å²) in [5.74, 6) is 1.55. The standard InChI is InChI=1S/C13H18N2O2S/c1-8-4-5-10(17-3)12-13(8)18-7-9(2)15(12)11(16)6-14/h4-5,9H,6-7,14H2,1-3H3. The minimum atomic E-state index is -0.0621. The van der Waals surface area contributed by atoms with Gasteiger partial charge in [-0.15, -0.1) is 11.8 Å². The van der Waals surface area contributed by atoms with Gasteiger partial charge >= 0.3 is 0 Å². The number of nitrogens with zero attached hydrogens (tertiary/aromatic N) is 1. The van der Waals surface area contributed by atoms with E-state index in [1.165, 1.54) is 0 Å². The second-order valence-electron chi connectivity index (χ2n) is 4.39. The summed E-state index contributed by atoms with van der Waals surface area (Å²) >= 11 is 1.77. The fourth-order valence-corrected chi connectivity index (χ4v) is 3.39. The third-order valence-electron chi connectivity index (χ3n) is 3.11. The molecule has 0 aliphatic carbocycles. The molecule has 1 aromatic carbocycles. The van der Waals surface area contributed by atoms with Crippen LogP contribution in [0.1, 0.15) is 12.5 Å². The highest BCUT2D eigenvalue weighted by Crippen LogP contribution is 2.45. The lowest BCUT2D eigenvalue weighted by molar-refractivity contribution is -0.117. The number of carbonyl (C=O) groups excluding carboxylic acids is 1. The maximum absolute atomic E-state index is 12.1. The normalized spacial score (nSPS) is 18.4. The maximum atomic E-state index is 12.1. The molecule has 0 spiro atoms. The highest BCUT2D eigenvalue weighted by molar-refractivity contribution is 7.99. The van der Waals surface area contributed by atoms with Gasteiger partial charge in [-0.2, -0.15) is 0 Å². The van der Waals surface area contributed by atoms with E-state index in [1.54, 1.807) is 23.8 Å². The van der Waals surface area contributed by atoms with Crippen molar-refractivity contribution in [1.82, 2.24) is 0 Å². The number of carbonyl (C=O) groups is 1. The Labute approximate surface area is 111 Å². The Balaban J connectivity index is 2.60. The number of hydrogen-bond acceptors (Lipinski definition) is 4. The molecule has 1 amide bonds. The lowest BCUT2D eigenvalue weighted by atomic mass is 10.1. The first-order valence-electron chi connectivity index (χ1n) is 5.92. The van der Waals surface area contributed by atoms with Crippen molar-refractivity contribution in [3.05, 3.63) is 17.7 Å². The molecule has 5 heteroatoms. The number of aryl methyl sites for hydroxylation is 1.